The van der Waals surface area contributed by atoms with Crippen molar-refractivity contribution in [3.8, 4) is 0 Å². The van der Waals surface area contributed by atoms with Gasteiger partial charge in [0.15, 0.2) is 0 Å². The van der Waals surface area contributed by atoms with E-state index < -0.39 is 0 Å². The summed E-state index contributed by atoms with van der Waals surface area (Å²) in [6.45, 7) is 3.11. The third-order valence-electron chi connectivity index (χ3n) is 3.26. The van der Waals surface area contributed by atoms with Gasteiger partial charge < -0.3 is 5.73 Å². The number of nitrogens with zero attached hydrogens (tertiary/aromatic N) is 2. The van der Waals surface area contributed by atoms with E-state index in [-0.39, 0.29) is 0 Å². The average Bonchev–Trinajstić information content (AvgIpc) is 2.40. The van der Waals surface area contributed by atoms with Crippen LogP contribution in [0.5, 0.6) is 0 Å². The highest BCUT2D eigenvalue weighted by molar-refractivity contribution is 5.40. The van der Waals surface area contributed by atoms with Gasteiger partial charge in [-0.3, -0.25) is 9.88 Å². The number of hydrogen-bond acceptors (Lipinski definition) is 3. The van der Waals surface area contributed by atoms with Crippen molar-refractivity contribution in [2.24, 2.45) is 0 Å². The van der Waals surface area contributed by atoms with Crippen molar-refractivity contribution in [3.63, 3.8) is 0 Å². The second-order valence-electron chi connectivity index (χ2n) is 4.61. The number of rotatable bonds is 4. The smallest absolute Gasteiger partial charge is 0.0320 e. The minimum atomic E-state index is 0.360. The molecule has 1 atom stereocenters. The average molecular weight is 241 g/mol. The Morgan fingerprint density at radius 2 is 1.72 bits per heavy atom. The molecule has 0 aliphatic heterocycles. The Bertz CT molecular complexity index is 479. The maximum absolute atomic E-state index is 5.71. The number of aromatic nitrogens is 1. The van der Waals surface area contributed by atoms with E-state index in [9.17, 15) is 0 Å². The Hall–Kier alpha value is -1.87. The third-order valence-corrected chi connectivity index (χ3v) is 3.26. The highest BCUT2D eigenvalue weighted by atomic mass is 15.1. The molecule has 2 aromatic rings. The van der Waals surface area contributed by atoms with Crippen LogP contribution < -0.4 is 5.73 Å². The lowest BCUT2D eigenvalue weighted by molar-refractivity contribution is 0.253. The lowest BCUT2D eigenvalue weighted by Crippen LogP contribution is -2.21. The lowest BCUT2D eigenvalue weighted by atomic mass is 10.1. The summed E-state index contributed by atoms with van der Waals surface area (Å²) in [5, 5.41) is 0. The molecule has 2 N–H and O–H groups in total. The first-order valence-corrected chi connectivity index (χ1v) is 6.11. The van der Waals surface area contributed by atoms with Crippen molar-refractivity contribution in [1.82, 2.24) is 9.88 Å². The summed E-state index contributed by atoms with van der Waals surface area (Å²) in [5.74, 6) is 0. The van der Waals surface area contributed by atoms with Crippen molar-refractivity contribution in [2.75, 3.05) is 12.8 Å². The van der Waals surface area contributed by atoms with E-state index in [2.05, 4.69) is 36.0 Å². The van der Waals surface area contributed by atoms with E-state index >= 15 is 0 Å². The molecule has 18 heavy (non-hydrogen) atoms. The van der Waals surface area contributed by atoms with Crippen LogP contribution in [0.15, 0.2) is 48.8 Å². The zero-order valence-corrected chi connectivity index (χ0v) is 10.9. The van der Waals surface area contributed by atoms with Crippen LogP contribution in [0.3, 0.4) is 0 Å². The maximum Gasteiger partial charge on any atom is 0.0320 e. The topological polar surface area (TPSA) is 42.1 Å². The van der Waals surface area contributed by atoms with Crippen LogP contribution in [0.2, 0.25) is 0 Å². The second-order valence-corrected chi connectivity index (χ2v) is 4.61. The Balaban J connectivity index is 2.05. The molecular formula is C15H19N3. The molecule has 0 saturated heterocycles. The van der Waals surface area contributed by atoms with Gasteiger partial charge in [-0.15, -0.1) is 0 Å². The molecule has 94 valence electrons. The summed E-state index contributed by atoms with van der Waals surface area (Å²) in [6.07, 6.45) is 3.66. The second kappa shape index (κ2) is 5.65. The van der Waals surface area contributed by atoms with Crippen molar-refractivity contribution in [2.45, 2.75) is 19.5 Å². The molecule has 0 aliphatic rings. The number of pyridine rings is 1. The van der Waals surface area contributed by atoms with Crippen LogP contribution in [0.25, 0.3) is 0 Å². The van der Waals surface area contributed by atoms with E-state index in [1.165, 1.54) is 11.1 Å². The molecule has 1 aromatic heterocycles. The van der Waals surface area contributed by atoms with Gasteiger partial charge in [0.2, 0.25) is 0 Å². The first kappa shape index (κ1) is 12.6. The fraction of sp³-hybridized carbons (Fsp3) is 0.267. The number of nitrogens with two attached hydrogens (primary N) is 1. The van der Waals surface area contributed by atoms with Crippen molar-refractivity contribution >= 4 is 5.69 Å². The molecule has 1 heterocycles. The molecule has 3 nitrogen and oxygen atoms in total. The van der Waals surface area contributed by atoms with Crippen molar-refractivity contribution in [3.05, 3.63) is 59.9 Å². The van der Waals surface area contributed by atoms with Crippen molar-refractivity contribution < 1.29 is 0 Å². The molecule has 0 saturated carbocycles. The van der Waals surface area contributed by atoms with Gasteiger partial charge >= 0.3 is 0 Å². The number of anilines is 1. The molecule has 1 aromatic carbocycles. The molecule has 2 rings (SSSR count). The molecule has 1 unspecified atom stereocenters. The molecule has 0 radical (unpaired) electrons. The highest BCUT2D eigenvalue weighted by Crippen LogP contribution is 2.21. The summed E-state index contributed by atoms with van der Waals surface area (Å²) >= 11 is 0. The zero-order chi connectivity index (χ0) is 13.0. The molecule has 0 amide bonds. The summed E-state index contributed by atoms with van der Waals surface area (Å²) in [4.78, 5) is 6.34. The molecule has 0 aliphatic carbocycles. The van der Waals surface area contributed by atoms with E-state index in [0.29, 0.717) is 6.04 Å². The van der Waals surface area contributed by atoms with Crippen LogP contribution in [-0.2, 0) is 6.54 Å². The standard InChI is InChI=1S/C15H19N3/c1-12(14-3-5-15(16)6-4-14)18(2)11-13-7-9-17-10-8-13/h3-10,12H,11,16H2,1-2H3. The predicted molar refractivity (Wildman–Crippen MR) is 75.0 cm³/mol. The molecule has 0 spiro atoms. The van der Waals surface area contributed by atoms with Crippen LogP contribution in [0.4, 0.5) is 5.69 Å². The van der Waals surface area contributed by atoms with Crippen LogP contribution >= 0.6 is 0 Å². The first-order chi connectivity index (χ1) is 8.66. The third kappa shape index (κ3) is 3.08. The Kier molecular flexibility index (Phi) is 3.95. The van der Waals surface area contributed by atoms with E-state index in [4.69, 9.17) is 5.73 Å². The van der Waals surface area contributed by atoms with Gasteiger partial charge in [0.05, 0.1) is 0 Å². The number of nitrogen functional groups attached to an aromatic ring is 1. The molecule has 0 fully saturated rings. The van der Waals surface area contributed by atoms with Crippen LogP contribution in [0.1, 0.15) is 24.1 Å². The minimum Gasteiger partial charge on any atom is -0.399 e. The summed E-state index contributed by atoms with van der Waals surface area (Å²) in [7, 11) is 2.13. The van der Waals surface area contributed by atoms with Gasteiger partial charge in [0.25, 0.3) is 0 Å². The van der Waals surface area contributed by atoms with E-state index in [1.54, 1.807) is 0 Å². The fourth-order valence-electron chi connectivity index (χ4n) is 1.94. The number of hydrogen-bond donors (Lipinski definition) is 1. The van der Waals surface area contributed by atoms with Crippen LogP contribution in [-0.4, -0.2) is 16.9 Å². The largest absolute Gasteiger partial charge is 0.399 e. The van der Waals surface area contributed by atoms with Gasteiger partial charge in [-0.25, -0.2) is 0 Å². The van der Waals surface area contributed by atoms with E-state index in [1.807, 2.05) is 36.7 Å². The van der Waals surface area contributed by atoms with Gasteiger partial charge in [-0.1, -0.05) is 12.1 Å². The Morgan fingerprint density at radius 3 is 2.33 bits per heavy atom. The van der Waals surface area contributed by atoms with Gasteiger partial charge in [-0.05, 0) is 49.4 Å². The van der Waals surface area contributed by atoms with E-state index in [0.717, 1.165) is 12.2 Å². The maximum atomic E-state index is 5.71. The number of benzene rings is 1. The van der Waals surface area contributed by atoms with Gasteiger partial charge in [0, 0.05) is 30.7 Å². The SMILES string of the molecule is CC(c1ccc(N)cc1)N(C)Cc1ccncc1. The zero-order valence-electron chi connectivity index (χ0n) is 10.9. The van der Waals surface area contributed by atoms with Gasteiger partial charge in [0.1, 0.15) is 0 Å². The predicted octanol–water partition coefficient (Wildman–Crippen LogP) is 2.86. The summed E-state index contributed by atoms with van der Waals surface area (Å²) in [6, 6.07) is 12.5. The summed E-state index contributed by atoms with van der Waals surface area (Å²) in [5.41, 5.74) is 9.07. The monoisotopic (exact) mass is 241 g/mol. The quantitative estimate of drug-likeness (QED) is 0.837. The Morgan fingerprint density at radius 1 is 1.11 bits per heavy atom. The van der Waals surface area contributed by atoms with Gasteiger partial charge in [-0.2, -0.15) is 0 Å². The molecular weight excluding hydrogens is 222 g/mol. The fourth-order valence-corrected chi connectivity index (χ4v) is 1.94. The van der Waals surface area contributed by atoms with Crippen LogP contribution in [0, 0.1) is 0 Å². The minimum absolute atomic E-state index is 0.360. The normalized spacial score (nSPS) is 12.6. The molecule has 0 bridgehead atoms. The Labute approximate surface area is 108 Å². The first-order valence-electron chi connectivity index (χ1n) is 6.11. The lowest BCUT2D eigenvalue weighted by Gasteiger charge is -2.25. The van der Waals surface area contributed by atoms with Crippen molar-refractivity contribution in [1.29, 1.82) is 0 Å². The highest BCUT2D eigenvalue weighted by Gasteiger charge is 2.11. The summed E-state index contributed by atoms with van der Waals surface area (Å²) < 4.78 is 0. The molecule has 3 heteroatoms.